The maximum atomic E-state index is 11.3. The maximum Gasteiger partial charge on any atom is 0.223 e. The van der Waals surface area contributed by atoms with Crippen molar-refractivity contribution in [2.75, 3.05) is 6.54 Å². The molecule has 2 heteroatoms. The van der Waals surface area contributed by atoms with Gasteiger partial charge in [0.05, 0.1) is 0 Å². The lowest BCUT2D eigenvalue weighted by atomic mass is 9.75. The van der Waals surface area contributed by atoms with Crippen molar-refractivity contribution >= 4 is 5.91 Å². The Balaban J connectivity index is 2.05. The van der Waals surface area contributed by atoms with Crippen molar-refractivity contribution in [2.24, 2.45) is 11.8 Å². The summed E-state index contributed by atoms with van der Waals surface area (Å²) in [7, 11) is 0. The van der Waals surface area contributed by atoms with Crippen LogP contribution in [0.5, 0.6) is 0 Å². The second-order valence-electron chi connectivity index (χ2n) is 3.73. The summed E-state index contributed by atoms with van der Waals surface area (Å²) in [5, 5.41) is 2.94. The predicted molar refractivity (Wildman–Crippen MR) is 43.1 cm³/mol. The number of amides is 1. The van der Waals surface area contributed by atoms with Gasteiger partial charge in [-0.2, -0.15) is 0 Å². The molecule has 1 aliphatic carbocycles. The first-order valence-corrected chi connectivity index (χ1v) is 4.65. The van der Waals surface area contributed by atoms with Crippen LogP contribution in [0.2, 0.25) is 0 Å². The van der Waals surface area contributed by atoms with Gasteiger partial charge in [0.2, 0.25) is 5.91 Å². The van der Waals surface area contributed by atoms with Gasteiger partial charge < -0.3 is 5.32 Å². The zero-order chi connectivity index (χ0) is 7.68. The van der Waals surface area contributed by atoms with Crippen molar-refractivity contribution in [3.8, 4) is 0 Å². The quantitative estimate of drug-likeness (QED) is 0.558. The minimum Gasteiger partial charge on any atom is -0.356 e. The highest BCUT2D eigenvalue weighted by atomic mass is 16.1. The van der Waals surface area contributed by atoms with Crippen molar-refractivity contribution < 1.29 is 4.79 Å². The Bertz CT molecular complexity index is 165. The fourth-order valence-electron chi connectivity index (χ4n) is 2.41. The van der Waals surface area contributed by atoms with Crippen molar-refractivity contribution in [3.05, 3.63) is 0 Å². The average Bonchev–Trinajstić information content (AvgIpc) is 2.06. The standard InChI is InChI=1S/C9H15NO/c11-9-8-4-2-1-3-7(8)5-6-10-9/h7-8H,1-6H2,(H,10,11)/t7-,8+/m1/s1. The predicted octanol–water partition coefficient (Wildman–Crippen LogP) is 1.31. The van der Waals surface area contributed by atoms with E-state index in [9.17, 15) is 4.79 Å². The summed E-state index contributed by atoms with van der Waals surface area (Å²) in [6.07, 6.45) is 6.24. The normalized spacial score (nSPS) is 37.6. The lowest BCUT2D eigenvalue weighted by Gasteiger charge is -2.34. The monoisotopic (exact) mass is 153 g/mol. The summed E-state index contributed by atoms with van der Waals surface area (Å²) in [6, 6.07) is 0. The van der Waals surface area contributed by atoms with Crippen LogP contribution in [0.25, 0.3) is 0 Å². The molecule has 0 bridgehead atoms. The number of rotatable bonds is 0. The largest absolute Gasteiger partial charge is 0.356 e. The number of nitrogens with one attached hydrogen (secondary N) is 1. The van der Waals surface area contributed by atoms with Gasteiger partial charge in [-0.3, -0.25) is 4.79 Å². The van der Waals surface area contributed by atoms with Crippen molar-refractivity contribution in [1.29, 1.82) is 0 Å². The highest BCUT2D eigenvalue weighted by Gasteiger charge is 2.33. The fourth-order valence-corrected chi connectivity index (χ4v) is 2.41. The third kappa shape index (κ3) is 1.26. The molecule has 0 aromatic heterocycles. The minimum absolute atomic E-state index is 0.320. The number of piperidine rings is 1. The van der Waals surface area contributed by atoms with E-state index in [0.717, 1.165) is 18.9 Å². The molecule has 2 atom stereocenters. The Hall–Kier alpha value is -0.530. The van der Waals surface area contributed by atoms with Gasteiger partial charge in [-0.1, -0.05) is 12.8 Å². The molecular formula is C9H15NO. The number of carbonyl (C=O) groups excluding carboxylic acids is 1. The van der Waals surface area contributed by atoms with Gasteiger partial charge in [0.25, 0.3) is 0 Å². The second kappa shape index (κ2) is 2.84. The second-order valence-corrected chi connectivity index (χ2v) is 3.73. The molecular weight excluding hydrogens is 138 g/mol. The van der Waals surface area contributed by atoms with Crippen LogP contribution in [0.4, 0.5) is 0 Å². The first-order valence-electron chi connectivity index (χ1n) is 4.65. The smallest absolute Gasteiger partial charge is 0.223 e. The van der Waals surface area contributed by atoms with Crippen LogP contribution in [-0.4, -0.2) is 12.5 Å². The van der Waals surface area contributed by atoms with Crippen molar-refractivity contribution in [1.82, 2.24) is 5.32 Å². The Morgan fingerprint density at radius 3 is 2.82 bits per heavy atom. The summed E-state index contributed by atoms with van der Waals surface area (Å²) in [6.45, 7) is 0.917. The first kappa shape index (κ1) is 7.14. The molecule has 1 amide bonds. The van der Waals surface area contributed by atoms with E-state index in [2.05, 4.69) is 5.32 Å². The highest BCUT2D eigenvalue weighted by Crippen LogP contribution is 2.33. The fraction of sp³-hybridized carbons (Fsp3) is 0.889. The Morgan fingerprint density at radius 1 is 1.18 bits per heavy atom. The molecule has 0 aromatic rings. The summed E-state index contributed by atoms with van der Waals surface area (Å²) in [4.78, 5) is 11.3. The van der Waals surface area contributed by atoms with Crippen LogP contribution in [-0.2, 0) is 4.79 Å². The molecule has 0 spiro atoms. The number of hydrogen-bond acceptors (Lipinski definition) is 1. The molecule has 0 radical (unpaired) electrons. The first-order chi connectivity index (χ1) is 5.38. The van der Waals surface area contributed by atoms with Crippen LogP contribution in [0.15, 0.2) is 0 Å². The molecule has 11 heavy (non-hydrogen) atoms. The van der Waals surface area contributed by atoms with E-state index < -0.39 is 0 Å². The molecule has 2 nitrogen and oxygen atoms in total. The lowest BCUT2D eigenvalue weighted by molar-refractivity contribution is -0.130. The van der Waals surface area contributed by atoms with Gasteiger partial charge in [-0.05, 0) is 25.2 Å². The van der Waals surface area contributed by atoms with E-state index in [1.807, 2.05) is 0 Å². The molecule has 2 rings (SSSR count). The van der Waals surface area contributed by atoms with Gasteiger partial charge in [-0.15, -0.1) is 0 Å². The summed E-state index contributed by atoms with van der Waals surface area (Å²) in [5.74, 6) is 1.41. The van der Waals surface area contributed by atoms with E-state index in [0.29, 0.717) is 11.8 Å². The van der Waals surface area contributed by atoms with E-state index in [-0.39, 0.29) is 0 Å². The topological polar surface area (TPSA) is 29.1 Å². The molecule has 1 heterocycles. The molecule has 2 aliphatic rings. The van der Waals surface area contributed by atoms with Gasteiger partial charge in [0.1, 0.15) is 0 Å². The number of carbonyl (C=O) groups is 1. The van der Waals surface area contributed by atoms with Gasteiger partial charge in [-0.25, -0.2) is 0 Å². The molecule has 2 fully saturated rings. The van der Waals surface area contributed by atoms with Crippen LogP contribution in [0.3, 0.4) is 0 Å². The molecule has 1 N–H and O–H groups in total. The Kier molecular flexibility index (Phi) is 1.84. The summed E-state index contributed by atoms with van der Waals surface area (Å²) < 4.78 is 0. The van der Waals surface area contributed by atoms with Crippen LogP contribution in [0, 0.1) is 11.8 Å². The molecule has 1 aliphatic heterocycles. The number of hydrogen-bond donors (Lipinski definition) is 1. The maximum absolute atomic E-state index is 11.3. The van der Waals surface area contributed by atoms with Crippen LogP contribution < -0.4 is 5.32 Å². The molecule has 1 saturated carbocycles. The van der Waals surface area contributed by atoms with Crippen molar-refractivity contribution in [3.63, 3.8) is 0 Å². The Morgan fingerprint density at radius 2 is 2.00 bits per heavy atom. The van der Waals surface area contributed by atoms with E-state index in [1.165, 1.54) is 25.7 Å². The molecule has 62 valence electrons. The minimum atomic E-state index is 0.320. The third-order valence-electron chi connectivity index (χ3n) is 3.06. The van der Waals surface area contributed by atoms with Crippen LogP contribution >= 0.6 is 0 Å². The zero-order valence-electron chi connectivity index (χ0n) is 6.81. The van der Waals surface area contributed by atoms with Gasteiger partial charge in [0.15, 0.2) is 0 Å². The SMILES string of the molecule is O=C1NCC[C@H]2CCCC[C@H]12. The van der Waals surface area contributed by atoms with Gasteiger partial charge >= 0.3 is 0 Å². The summed E-state index contributed by atoms with van der Waals surface area (Å²) in [5.41, 5.74) is 0. The van der Waals surface area contributed by atoms with E-state index in [4.69, 9.17) is 0 Å². The molecule has 0 unspecified atom stereocenters. The lowest BCUT2D eigenvalue weighted by Crippen LogP contribution is -2.43. The number of fused-ring (bicyclic) bond motifs is 1. The van der Waals surface area contributed by atoms with E-state index >= 15 is 0 Å². The zero-order valence-corrected chi connectivity index (χ0v) is 6.81. The van der Waals surface area contributed by atoms with E-state index in [1.54, 1.807) is 0 Å². The highest BCUT2D eigenvalue weighted by molar-refractivity contribution is 5.79. The average molecular weight is 153 g/mol. The summed E-state index contributed by atoms with van der Waals surface area (Å²) >= 11 is 0. The molecule has 0 aromatic carbocycles. The third-order valence-corrected chi connectivity index (χ3v) is 3.06. The Labute approximate surface area is 67.4 Å². The van der Waals surface area contributed by atoms with Crippen molar-refractivity contribution in [2.45, 2.75) is 32.1 Å². The van der Waals surface area contributed by atoms with Crippen LogP contribution in [0.1, 0.15) is 32.1 Å². The van der Waals surface area contributed by atoms with Gasteiger partial charge in [0, 0.05) is 12.5 Å². The molecule has 1 saturated heterocycles.